The minimum atomic E-state index is -4.55. The van der Waals surface area contributed by atoms with Crippen molar-refractivity contribution in [1.82, 2.24) is 15.2 Å². The Balaban J connectivity index is 1.40. The van der Waals surface area contributed by atoms with Crippen LogP contribution in [0, 0.1) is 5.82 Å². The van der Waals surface area contributed by atoms with Crippen molar-refractivity contribution in [1.29, 1.82) is 0 Å². The summed E-state index contributed by atoms with van der Waals surface area (Å²) in [5.41, 5.74) is 0.194. The normalized spacial score (nSPS) is 16.8. The van der Waals surface area contributed by atoms with Crippen LogP contribution in [-0.4, -0.2) is 45.5 Å². The third-order valence-electron chi connectivity index (χ3n) is 6.66. The summed E-state index contributed by atoms with van der Waals surface area (Å²) >= 11 is 0. The van der Waals surface area contributed by atoms with Gasteiger partial charge >= 0.3 is 204 Å². The molecule has 0 saturated carbocycles. The van der Waals surface area contributed by atoms with E-state index in [1.165, 1.54) is 23.2 Å². The van der Waals surface area contributed by atoms with Crippen LogP contribution in [0.4, 0.5) is 23.4 Å². The van der Waals surface area contributed by atoms with Crippen molar-refractivity contribution in [2.45, 2.75) is 12.6 Å². The first-order valence-electron chi connectivity index (χ1n) is 11.4. The molecule has 0 aliphatic carbocycles. The molecule has 6 nitrogen and oxygen atoms in total. The number of aromatic amines is 1. The number of hydrogen-bond donors (Lipinski definition) is 2. The summed E-state index contributed by atoms with van der Waals surface area (Å²) in [6.07, 6.45) is -2.60. The van der Waals surface area contributed by atoms with E-state index in [0.717, 1.165) is 6.07 Å². The van der Waals surface area contributed by atoms with Gasteiger partial charge in [0.25, 0.3) is 0 Å². The number of aromatic nitrogens is 3. The molecule has 0 bridgehead atoms. The van der Waals surface area contributed by atoms with Crippen LogP contribution >= 0.6 is 7.49 Å². The van der Waals surface area contributed by atoms with Gasteiger partial charge in [-0.3, -0.25) is 0 Å². The molecule has 0 atom stereocenters. The van der Waals surface area contributed by atoms with Crippen molar-refractivity contribution in [2.75, 3.05) is 30.3 Å². The van der Waals surface area contributed by atoms with E-state index >= 15 is 0 Å². The van der Waals surface area contributed by atoms with Gasteiger partial charge in [-0.05, 0) is 0 Å². The molecule has 11 heteroatoms. The number of nitrogens with zero attached hydrogens (tertiary/aromatic N) is 3. The van der Waals surface area contributed by atoms with Gasteiger partial charge in [0.15, 0.2) is 0 Å². The van der Waals surface area contributed by atoms with E-state index in [2.05, 4.69) is 15.2 Å². The number of alkyl halides is 3. The molecule has 1 aliphatic rings. The molecule has 2 aromatic carbocycles. The number of hydrogen-bond acceptors (Lipinski definition) is 5. The molecular formula is C25H23F4N4O2P. The van der Waals surface area contributed by atoms with Crippen LogP contribution in [0.1, 0.15) is 16.8 Å². The zero-order valence-corrected chi connectivity index (χ0v) is 20.0. The Bertz CT molecular complexity index is 1480. The van der Waals surface area contributed by atoms with Crippen molar-refractivity contribution < 1.29 is 22.5 Å². The van der Waals surface area contributed by atoms with Gasteiger partial charge in [0, 0.05) is 0 Å². The maximum absolute atomic E-state index is 14.9. The van der Waals surface area contributed by atoms with E-state index in [-0.39, 0.29) is 42.1 Å². The van der Waals surface area contributed by atoms with Crippen molar-refractivity contribution in [3.8, 4) is 0 Å². The maximum atomic E-state index is 14.9. The van der Waals surface area contributed by atoms with Crippen LogP contribution in [0.25, 0.3) is 10.8 Å². The summed E-state index contributed by atoms with van der Waals surface area (Å²) in [6.45, 7) is 0.275. The molecular weight excluding hydrogens is 495 g/mol. The number of nitrogens with one attached hydrogen (secondary N) is 1. The molecule has 1 saturated heterocycles. The number of pyridine rings is 1. The Morgan fingerprint density at radius 1 is 1.03 bits per heavy atom. The summed E-state index contributed by atoms with van der Waals surface area (Å²) < 4.78 is 55.2. The number of rotatable bonds is 4. The van der Waals surface area contributed by atoms with Gasteiger partial charge in [-0.25, -0.2) is 0 Å². The van der Waals surface area contributed by atoms with Gasteiger partial charge in [0.05, 0.1) is 0 Å². The SMILES string of the molecule is O=c1[nH]nc(Cc2ccc(F)c([PH]3(O)CCN(c4ncccc4C(F)(F)F)CC3)c2)c2ccccc12. The Hall–Kier alpha value is -3.36. The minimum absolute atomic E-state index is 0.137. The van der Waals surface area contributed by atoms with E-state index in [1.54, 1.807) is 36.4 Å². The third kappa shape index (κ3) is 4.58. The number of benzene rings is 2. The molecule has 36 heavy (non-hydrogen) atoms. The topological polar surface area (TPSA) is 82.1 Å². The van der Waals surface area contributed by atoms with Crippen LogP contribution in [0.5, 0.6) is 0 Å². The van der Waals surface area contributed by atoms with Crippen molar-refractivity contribution in [3.05, 3.63) is 93.8 Å². The zero-order chi connectivity index (χ0) is 25.5. The molecule has 0 radical (unpaired) electrons. The Morgan fingerprint density at radius 2 is 1.75 bits per heavy atom. The average molecular weight is 518 g/mol. The molecule has 2 N–H and O–H groups in total. The summed E-state index contributed by atoms with van der Waals surface area (Å²) in [6, 6.07) is 13.8. The van der Waals surface area contributed by atoms with Gasteiger partial charge in [-0.2, -0.15) is 0 Å². The molecule has 188 valence electrons. The molecule has 1 aliphatic heterocycles. The van der Waals surface area contributed by atoms with Crippen molar-refractivity contribution in [2.24, 2.45) is 0 Å². The first-order valence-corrected chi connectivity index (χ1v) is 13.8. The van der Waals surface area contributed by atoms with Gasteiger partial charge in [-0.15, -0.1) is 0 Å². The molecule has 1 fully saturated rings. The molecule has 4 aromatic rings. The third-order valence-corrected chi connectivity index (χ3v) is 10.1. The predicted octanol–water partition coefficient (Wildman–Crippen LogP) is 3.87. The van der Waals surface area contributed by atoms with E-state index in [4.69, 9.17) is 0 Å². The summed E-state index contributed by atoms with van der Waals surface area (Å²) in [5, 5.41) is 8.06. The van der Waals surface area contributed by atoms with Gasteiger partial charge in [-0.1, -0.05) is 0 Å². The second-order valence-corrected chi connectivity index (χ2v) is 12.5. The Labute approximate surface area is 204 Å². The van der Waals surface area contributed by atoms with Crippen LogP contribution in [0.2, 0.25) is 0 Å². The van der Waals surface area contributed by atoms with Gasteiger partial charge < -0.3 is 0 Å². The van der Waals surface area contributed by atoms with Crippen LogP contribution in [0.15, 0.2) is 65.6 Å². The van der Waals surface area contributed by atoms with Crippen LogP contribution < -0.4 is 15.8 Å². The number of halogens is 4. The number of anilines is 1. The Morgan fingerprint density at radius 3 is 2.47 bits per heavy atom. The fourth-order valence-electron chi connectivity index (χ4n) is 4.77. The quantitative estimate of drug-likeness (QED) is 0.317. The molecule has 0 amide bonds. The monoisotopic (exact) mass is 518 g/mol. The molecule has 0 spiro atoms. The number of H-pyrrole nitrogens is 1. The van der Waals surface area contributed by atoms with Crippen LogP contribution in [0.3, 0.4) is 0 Å². The second kappa shape index (κ2) is 9.26. The summed E-state index contributed by atoms with van der Waals surface area (Å²) in [5.74, 6) is -0.708. The van der Waals surface area contributed by atoms with Crippen molar-refractivity contribution in [3.63, 3.8) is 0 Å². The fourth-order valence-corrected chi connectivity index (χ4v) is 7.82. The Kier molecular flexibility index (Phi) is 6.26. The molecule has 2 aromatic heterocycles. The van der Waals surface area contributed by atoms with E-state index in [1.807, 2.05) is 0 Å². The van der Waals surface area contributed by atoms with Crippen molar-refractivity contribution >= 4 is 29.4 Å². The van der Waals surface area contributed by atoms with E-state index in [9.17, 15) is 27.2 Å². The predicted molar refractivity (Wildman–Crippen MR) is 133 cm³/mol. The van der Waals surface area contributed by atoms with Gasteiger partial charge in [0.2, 0.25) is 0 Å². The van der Waals surface area contributed by atoms with Crippen LogP contribution in [-0.2, 0) is 12.6 Å². The van der Waals surface area contributed by atoms with E-state index < -0.39 is 25.0 Å². The first-order chi connectivity index (χ1) is 17.2. The molecule has 5 rings (SSSR count). The summed E-state index contributed by atoms with van der Waals surface area (Å²) in [7, 11) is -3.31. The first kappa shape index (κ1) is 24.3. The fraction of sp³-hybridized carbons (Fsp3) is 0.240. The molecule has 3 heterocycles. The standard InChI is InChI=1S/C25H23F4N4O2P/c26-20-8-7-16(14-21-17-4-1-2-5-18(17)24(34)32-31-21)15-22(20)36(35)12-10-33(11-13-36)23-19(25(27,28)29)6-3-9-30-23/h1-9,15,35-36H,10-14H2,(H,32,34). The average Bonchev–Trinajstić information content (AvgIpc) is 2.87. The molecule has 0 unspecified atom stereocenters. The van der Waals surface area contributed by atoms with Gasteiger partial charge in [0.1, 0.15) is 0 Å². The number of fused-ring (bicyclic) bond motifs is 1. The van der Waals surface area contributed by atoms with E-state index in [0.29, 0.717) is 28.5 Å². The second-order valence-electron chi connectivity index (χ2n) is 8.93. The summed E-state index contributed by atoms with van der Waals surface area (Å²) in [4.78, 5) is 29.0. The zero-order valence-electron chi connectivity index (χ0n) is 19.0.